The fraction of sp³-hybridized carbons (Fsp3) is 0.353. The molecule has 0 aliphatic carbocycles. The van der Waals surface area contributed by atoms with Gasteiger partial charge < -0.3 is 10.2 Å². The fourth-order valence-electron chi connectivity index (χ4n) is 3.25. The highest BCUT2D eigenvalue weighted by Crippen LogP contribution is 2.38. The summed E-state index contributed by atoms with van der Waals surface area (Å²) in [6.07, 6.45) is 2.41. The predicted molar refractivity (Wildman–Crippen MR) is 80.7 cm³/mol. The van der Waals surface area contributed by atoms with Crippen LogP contribution in [0.4, 0.5) is 0 Å². The number of hydrogen-bond acceptors (Lipinski definition) is 2. The number of amides is 1. The number of fused-ring (bicyclic) bond motifs is 1. The number of nitrogens with one attached hydrogen (secondary N) is 1. The number of aryl methyl sites for hydroxylation is 1. The standard InChI is InChI=1S/C17H20N2O/c1-4-13-6-5-7-14-12(3)19(10-15(13)14)16-8-9-17(20)18-11(16)2/h5-7,16H,2-4,8-10H2,1H3,(H,18,20). The highest BCUT2D eigenvalue weighted by molar-refractivity contribution is 5.80. The Morgan fingerprint density at radius 2 is 2.20 bits per heavy atom. The average Bonchev–Trinajstić information content (AvgIpc) is 2.76. The monoisotopic (exact) mass is 268 g/mol. The average molecular weight is 268 g/mol. The molecule has 1 fully saturated rings. The van der Waals surface area contributed by atoms with Gasteiger partial charge in [0.1, 0.15) is 0 Å². The topological polar surface area (TPSA) is 32.3 Å². The third-order valence-electron chi connectivity index (χ3n) is 4.36. The van der Waals surface area contributed by atoms with Crippen LogP contribution in [0.2, 0.25) is 0 Å². The first-order chi connectivity index (χ1) is 9.61. The Morgan fingerprint density at radius 3 is 2.90 bits per heavy atom. The van der Waals surface area contributed by atoms with Gasteiger partial charge in [-0.3, -0.25) is 4.79 Å². The maximum Gasteiger partial charge on any atom is 0.224 e. The molecule has 3 heteroatoms. The first-order valence-corrected chi connectivity index (χ1v) is 7.17. The van der Waals surface area contributed by atoms with E-state index >= 15 is 0 Å². The molecule has 104 valence electrons. The number of carbonyl (C=O) groups excluding carboxylic acids is 1. The smallest absolute Gasteiger partial charge is 0.224 e. The van der Waals surface area contributed by atoms with E-state index in [1.807, 2.05) is 0 Å². The van der Waals surface area contributed by atoms with E-state index in [0.717, 1.165) is 30.8 Å². The Balaban J connectivity index is 1.90. The molecule has 3 nitrogen and oxygen atoms in total. The summed E-state index contributed by atoms with van der Waals surface area (Å²) < 4.78 is 0. The maximum atomic E-state index is 11.4. The van der Waals surface area contributed by atoms with Gasteiger partial charge in [0.2, 0.25) is 5.91 Å². The summed E-state index contributed by atoms with van der Waals surface area (Å²) in [7, 11) is 0. The zero-order valence-corrected chi connectivity index (χ0v) is 11.9. The number of benzene rings is 1. The molecule has 2 heterocycles. The minimum absolute atomic E-state index is 0.0721. The molecule has 3 rings (SSSR count). The second-order valence-corrected chi connectivity index (χ2v) is 5.50. The van der Waals surface area contributed by atoms with E-state index in [-0.39, 0.29) is 11.9 Å². The predicted octanol–water partition coefficient (Wildman–Crippen LogP) is 2.83. The molecule has 0 bridgehead atoms. The fourth-order valence-corrected chi connectivity index (χ4v) is 3.25. The highest BCUT2D eigenvalue weighted by atomic mass is 16.1. The third kappa shape index (κ3) is 1.94. The van der Waals surface area contributed by atoms with Gasteiger partial charge in [-0.2, -0.15) is 0 Å². The summed E-state index contributed by atoms with van der Waals surface area (Å²) in [6.45, 7) is 11.3. The van der Waals surface area contributed by atoms with E-state index in [1.54, 1.807) is 0 Å². The van der Waals surface area contributed by atoms with Gasteiger partial charge >= 0.3 is 0 Å². The molecule has 1 amide bonds. The number of carbonyl (C=O) groups is 1. The van der Waals surface area contributed by atoms with Crippen molar-refractivity contribution in [1.29, 1.82) is 0 Å². The summed E-state index contributed by atoms with van der Waals surface area (Å²) in [6, 6.07) is 6.59. The van der Waals surface area contributed by atoms with Crippen molar-refractivity contribution in [2.45, 2.75) is 38.8 Å². The lowest BCUT2D eigenvalue weighted by molar-refractivity contribution is -0.121. The normalized spacial score (nSPS) is 21.9. The molecule has 1 saturated heterocycles. The van der Waals surface area contributed by atoms with E-state index in [9.17, 15) is 4.79 Å². The second kappa shape index (κ2) is 4.82. The quantitative estimate of drug-likeness (QED) is 0.894. The summed E-state index contributed by atoms with van der Waals surface area (Å²) in [5.74, 6) is 0.0721. The third-order valence-corrected chi connectivity index (χ3v) is 4.36. The maximum absolute atomic E-state index is 11.4. The Bertz CT molecular complexity index is 603. The first-order valence-electron chi connectivity index (χ1n) is 7.17. The number of piperidine rings is 1. The molecule has 0 saturated carbocycles. The molecule has 1 aromatic rings. The van der Waals surface area contributed by atoms with Crippen LogP contribution in [0.5, 0.6) is 0 Å². The number of nitrogens with zero attached hydrogens (tertiary/aromatic N) is 1. The molecule has 1 aromatic carbocycles. The van der Waals surface area contributed by atoms with Crippen LogP contribution >= 0.6 is 0 Å². The van der Waals surface area contributed by atoms with Crippen molar-refractivity contribution in [3.05, 3.63) is 53.7 Å². The van der Waals surface area contributed by atoms with E-state index in [4.69, 9.17) is 0 Å². The van der Waals surface area contributed by atoms with E-state index in [2.05, 4.69) is 48.5 Å². The minimum Gasteiger partial charge on any atom is -0.359 e. The minimum atomic E-state index is 0.0721. The molecule has 1 atom stereocenters. The second-order valence-electron chi connectivity index (χ2n) is 5.50. The van der Waals surface area contributed by atoms with E-state index in [0.29, 0.717) is 6.42 Å². The van der Waals surface area contributed by atoms with Crippen molar-refractivity contribution in [3.63, 3.8) is 0 Å². The summed E-state index contributed by atoms with van der Waals surface area (Å²) in [5, 5.41) is 2.87. The van der Waals surface area contributed by atoms with Gasteiger partial charge in [0.25, 0.3) is 0 Å². The molecule has 2 aliphatic rings. The molecule has 1 N–H and O–H groups in total. The molecule has 20 heavy (non-hydrogen) atoms. The van der Waals surface area contributed by atoms with Crippen LogP contribution in [0.15, 0.2) is 37.1 Å². The SMILES string of the molecule is C=C1NC(=O)CCC1N1Cc2c(CC)cccc2C1=C. The van der Waals surface area contributed by atoms with Crippen LogP contribution < -0.4 is 5.32 Å². The Morgan fingerprint density at radius 1 is 1.40 bits per heavy atom. The van der Waals surface area contributed by atoms with Crippen molar-refractivity contribution >= 4 is 11.6 Å². The Labute approximate surface area is 120 Å². The Kier molecular flexibility index (Phi) is 3.13. The van der Waals surface area contributed by atoms with Crippen molar-refractivity contribution in [2.75, 3.05) is 0 Å². The summed E-state index contributed by atoms with van der Waals surface area (Å²) in [5.41, 5.74) is 5.86. The molecule has 1 unspecified atom stereocenters. The van der Waals surface area contributed by atoms with Crippen LogP contribution in [-0.4, -0.2) is 16.8 Å². The summed E-state index contributed by atoms with van der Waals surface area (Å²) in [4.78, 5) is 13.7. The number of hydrogen-bond donors (Lipinski definition) is 1. The van der Waals surface area contributed by atoms with Crippen LogP contribution in [0.1, 0.15) is 36.5 Å². The van der Waals surface area contributed by atoms with Gasteiger partial charge in [0, 0.05) is 29.9 Å². The van der Waals surface area contributed by atoms with Crippen LogP contribution in [0.25, 0.3) is 5.70 Å². The van der Waals surface area contributed by atoms with Crippen LogP contribution in [-0.2, 0) is 17.8 Å². The zero-order chi connectivity index (χ0) is 14.3. The summed E-state index contributed by atoms with van der Waals surface area (Å²) >= 11 is 0. The molecular formula is C17H20N2O. The highest BCUT2D eigenvalue weighted by Gasteiger charge is 2.33. The lowest BCUT2D eigenvalue weighted by atomic mass is 10.0. The first kappa shape index (κ1) is 13.0. The molecule has 2 aliphatic heterocycles. The van der Waals surface area contributed by atoms with Crippen molar-refractivity contribution in [3.8, 4) is 0 Å². The van der Waals surface area contributed by atoms with Crippen LogP contribution in [0.3, 0.4) is 0 Å². The van der Waals surface area contributed by atoms with Crippen molar-refractivity contribution < 1.29 is 4.79 Å². The lowest BCUT2D eigenvalue weighted by Gasteiger charge is -2.35. The molecule has 0 spiro atoms. The largest absolute Gasteiger partial charge is 0.359 e. The van der Waals surface area contributed by atoms with Gasteiger partial charge in [-0.05, 0) is 24.0 Å². The van der Waals surface area contributed by atoms with E-state index in [1.165, 1.54) is 16.7 Å². The molecule has 0 radical (unpaired) electrons. The molecule has 0 aromatic heterocycles. The van der Waals surface area contributed by atoms with Gasteiger partial charge in [-0.1, -0.05) is 38.3 Å². The van der Waals surface area contributed by atoms with Gasteiger partial charge in [0.15, 0.2) is 0 Å². The lowest BCUT2D eigenvalue weighted by Crippen LogP contribution is -2.43. The zero-order valence-electron chi connectivity index (χ0n) is 11.9. The van der Waals surface area contributed by atoms with Crippen molar-refractivity contribution in [1.82, 2.24) is 10.2 Å². The van der Waals surface area contributed by atoms with Gasteiger partial charge in [0.05, 0.1) is 6.04 Å². The van der Waals surface area contributed by atoms with E-state index < -0.39 is 0 Å². The van der Waals surface area contributed by atoms with Crippen molar-refractivity contribution in [2.24, 2.45) is 0 Å². The Hall–Kier alpha value is -2.03. The molecular weight excluding hydrogens is 248 g/mol. The van der Waals surface area contributed by atoms with Crippen LogP contribution in [0, 0.1) is 0 Å². The van der Waals surface area contributed by atoms with Gasteiger partial charge in [-0.25, -0.2) is 0 Å². The number of rotatable bonds is 2. The van der Waals surface area contributed by atoms with Gasteiger partial charge in [-0.15, -0.1) is 0 Å².